The second-order valence-corrected chi connectivity index (χ2v) is 17.0. The lowest BCUT2D eigenvalue weighted by atomic mass is 10.1. The van der Waals surface area contributed by atoms with Gasteiger partial charge in [0.2, 0.25) is 0 Å². The Morgan fingerprint density at radius 3 is 1.50 bits per heavy atom. The van der Waals surface area contributed by atoms with Gasteiger partial charge in [0.15, 0.2) is 6.29 Å². The summed E-state index contributed by atoms with van der Waals surface area (Å²) in [6.07, 6.45) is 35.8. The molecule has 328 valence electrons. The van der Waals surface area contributed by atoms with E-state index in [1.54, 1.807) is 11.8 Å². The van der Waals surface area contributed by atoms with Crippen LogP contribution in [0.15, 0.2) is 0 Å². The Morgan fingerprint density at radius 1 is 0.537 bits per heavy atom. The smallest absolute Gasteiger partial charge is 0.319 e. The molecule has 0 amide bonds. The summed E-state index contributed by atoms with van der Waals surface area (Å²) >= 11 is 3.58. The Morgan fingerprint density at radius 2 is 0.981 bits per heavy atom. The lowest BCUT2D eigenvalue weighted by molar-refractivity contribution is -0.143. The summed E-state index contributed by atoms with van der Waals surface area (Å²) in [7, 11) is 0. The molecule has 0 bridgehead atoms. The van der Waals surface area contributed by atoms with E-state index in [0.29, 0.717) is 19.8 Å². The molecule has 0 rings (SSSR count). The molecule has 0 aliphatic heterocycles. The molecule has 0 spiro atoms. The van der Waals surface area contributed by atoms with Crippen LogP contribution < -0.4 is 0 Å². The molecule has 0 aromatic carbocycles. The van der Waals surface area contributed by atoms with Gasteiger partial charge in [-0.05, 0) is 109 Å². The number of aliphatic hydroxyl groups is 3. The first-order valence-corrected chi connectivity index (χ1v) is 25.5. The maximum absolute atomic E-state index is 12.8. The van der Waals surface area contributed by atoms with Crippen molar-refractivity contribution in [1.29, 1.82) is 0 Å². The van der Waals surface area contributed by atoms with E-state index in [4.69, 9.17) is 14.6 Å². The summed E-state index contributed by atoms with van der Waals surface area (Å²) in [5.74, 6) is 1.09. The van der Waals surface area contributed by atoms with Crippen LogP contribution in [0.4, 0.5) is 0 Å². The molecule has 7 nitrogen and oxygen atoms in total. The van der Waals surface area contributed by atoms with Crippen molar-refractivity contribution in [2.45, 2.75) is 219 Å². The first-order valence-electron chi connectivity index (χ1n) is 22.8. The van der Waals surface area contributed by atoms with Crippen molar-refractivity contribution >= 4 is 29.5 Å². The fourth-order valence-electron chi connectivity index (χ4n) is 5.98. The van der Waals surface area contributed by atoms with E-state index in [1.165, 1.54) is 103 Å². The van der Waals surface area contributed by atoms with Crippen molar-refractivity contribution in [3.05, 3.63) is 0 Å². The van der Waals surface area contributed by atoms with Crippen molar-refractivity contribution in [2.24, 2.45) is 0 Å². The van der Waals surface area contributed by atoms with Gasteiger partial charge in [0.25, 0.3) is 0 Å². The topological polar surface area (TPSA) is 99.5 Å². The molecule has 3 N–H and O–H groups in total. The molecule has 2 atom stereocenters. The Kier molecular flexibility index (Phi) is 57.2. The molecule has 0 aromatic heterocycles. The molecular weight excluding hydrogens is 715 g/mol. The molecule has 0 heterocycles. The van der Waals surface area contributed by atoms with E-state index in [2.05, 4.69) is 25.7 Å². The summed E-state index contributed by atoms with van der Waals surface area (Å²) in [6.45, 7) is 13.7. The fourth-order valence-corrected chi connectivity index (χ4v) is 7.17. The van der Waals surface area contributed by atoms with Crippen molar-refractivity contribution in [1.82, 2.24) is 4.90 Å². The zero-order chi connectivity index (χ0) is 40.6. The van der Waals surface area contributed by atoms with Crippen molar-refractivity contribution in [2.75, 3.05) is 64.3 Å². The summed E-state index contributed by atoms with van der Waals surface area (Å²) < 4.78 is 11.4. The molecule has 2 unspecified atom stereocenters. The number of hydrogen-bond acceptors (Lipinski definition) is 9. The maximum Gasteiger partial charge on any atom is 0.319 e. The van der Waals surface area contributed by atoms with E-state index < -0.39 is 6.29 Å². The molecule has 0 saturated carbocycles. The second-order valence-electron chi connectivity index (χ2n) is 14.9. The van der Waals surface area contributed by atoms with Gasteiger partial charge < -0.3 is 29.7 Å². The number of carbonyl (C=O) groups is 1. The first-order chi connectivity index (χ1) is 26.4. The van der Waals surface area contributed by atoms with Gasteiger partial charge in [-0.1, -0.05) is 137 Å². The van der Waals surface area contributed by atoms with E-state index in [1.807, 2.05) is 31.2 Å². The number of ether oxygens (including phenoxy) is 2. The van der Waals surface area contributed by atoms with Crippen LogP contribution in [0, 0.1) is 0 Å². The summed E-state index contributed by atoms with van der Waals surface area (Å²) in [5.41, 5.74) is 0. The molecule has 0 aromatic rings. The van der Waals surface area contributed by atoms with Gasteiger partial charge in [-0.2, -0.15) is 11.8 Å². The average molecular weight is 810 g/mol. The number of esters is 1. The van der Waals surface area contributed by atoms with Crippen LogP contribution >= 0.6 is 23.5 Å². The minimum Gasteiger partial charge on any atom is -0.465 e. The minimum absolute atomic E-state index is 0.0104. The molecule has 0 aliphatic rings. The number of rotatable bonds is 40. The number of unbranched alkanes of at least 4 members (excludes halogenated alkanes) is 19. The monoisotopic (exact) mass is 810 g/mol. The third-order valence-electron chi connectivity index (χ3n) is 9.35. The third kappa shape index (κ3) is 50.0. The average Bonchev–Trinajstić information content (AvgIpc) is 3.17. The van der Waals surface area contributed by atoms with Gasteiger partial charge in [-0.3, -0.25) is 4.79 Å². The highest BCUT2D eigenvalue weighted by Crippen LogP contribution is 2.22. The number of aliphatic hydroxyl groups excluding tert-OH is 3. The van der Waals surface area contributed by atoms with Gasteiger partial charge in [0.1, 0.15) is 5.25 Å². The van der Waals surface area contributed by atoms with Crippen LogP contribution in [0.5, 0.6) is 0 Å². The lowest BCUT2D eigenvalue weighted by Gasteiger charge is -2.22. The number of carbonyl (C=O) groups excluding carboxylic acids is 1. The second kappa shape index (κ2) is 53.0. The maximum atomic E-state index is 12.8. The highest BCUT2D eigenvalue weighted by Gasteiger charge is 2.19. The molecule has 9 heteroatoms. The summed E-state index contributed by atoms with van der Waals surface area (Å²) in [5, 5.41) is 27.1. The van der Waals surface area contributed by atoms with Crippen LogP contribution in [0.1, 0.15) is 207 Å². The van der Waals surface area contributed by atoms with E-state index in [0.717, 1.165) is 102 Å². The predicted molar refractivity (Wildman–Crippen MR) is 241 cm³/mol. The van der Waals surface area contributed by atoms with Gasteiger partial charge in [-0.15, -0.1) is 11.8 Å². The largest absolute Gasteiger partial charge is 0.465 e. The van der Waals surface area contributed by atoms with Crippen molar-refractivity contribution in [3.63, 3.8) is 0 Å². The normalized spacial score (nSPS) is 12.2. The quantitative estimate of drug-likeness (QED) is 0.0317. The van der Waals surface area contributed by atoms with Crippen LogP contribution in [-0.2, 0) is 14.3 Å². The van der Waals surface area contributed by atoms with E-state index >= 15 is 0 Å². The minimum atomic E-state index is -0.596. The third-order valence-corrected chi connectivity index (χ3v) is 10.7. The van der Waals surface area contributed by atoms with E-state index in [-0.39, 0.29) is 17.8 Å². The van der Waals surface area contributed by atoms with E-state index in [9.17, 15) is 15.0 Å². The van der Waals surface area contributed by atoms with Crippen LogP contribution in [0.2, 0.25) is 0 Å². The standard InChI is InChI=1S/C40H81NO5S.C3H8O.C2H6S/c1-4-7-10-12-13-14-20-28-37-47-38(29-9-6-3)40(44)46-36-27-19-17-23-32-41(33-24-25-34-42)31-22-16-18-26-35-45-39(43)30-21-15-11-8-5-2;1-2-3-4;1-3-2/h38-39,42-43H,4-37H2,1-3H3;4H,2-3H2,1H3;1-2H3. The van der Waals surface area contributed by atoms with Crippen LogP contribution in [0.25, 0.3) is 0 Å². The lowest BCUT2D eigenvalue weighted by Crippen LogP contribution is -2.27. The molecule has 0 aliphatic carbocycles. The number of hydrogen-bond donors (Lipinski definition) is 3. The van der Waals surface area contributed by atoms with Gasteiger partial charge >= 0.3 is 5.97 Å². The molecule has 54 heavy (non-hydrogen) atoms. The zero-order valence-electron chi connectivity index (χ0n) is 36.9. The summed E-state index contributed by atoms with van der Waals surface area (Å²) in [4.78, 5) is 15.4. The molecule has 0 radical (unpaired) electrons. The van der Waals surface area contributed by atoms with Crippen LogP contribution in [0.3, 0.4) is 0 Å². The van der Waals surface area contributed by atoms with Crippen molar-refractivity contribution in [3.8, 4) is 0 Å². The van der Waals surface area contributed by atoms with Gasteiger partial charge in [0, 0.05) is 19.8 Å². The fraction of sp³-hybridized carbons (Fsp3) is 0.978. The molecular formula is C45H95NO6S2. The number of nitrogens with zero attached hydrogens (tertiary/aromatic N) is 1. The van der Waals surface area contributed by atoms with Crippen LogP contribution in [-0.4, -0.2) is 102 Å². The highest BCUT2D eigenvalue weighted by atomic mass is 32.2. The molecule has 0 fully saturated rings. The predicted octanol–water partition coefficient (Wildman–Crippen LogP) is 12.2. The molecule has 0 saturated heterocycles. The van der Waals surface area contributed by atoms with Gasteiger partial charge in [0.05, 0.1) is 6.61 Å². The van der Waals surface area contributed by atoms with Crippen molar-refractivity contribution < 1.29 is 29.6 Å². The Labute approximate surface area is 346 Å². The Hall–Kier alpha value is -0.0300. The Bertz CT molecular complexity index is 676. The Balaban J connectivity index is -0.00000340. The first kappa shape index (κ1) is 58.3. The summed E-state index contributed by atoms with van der Waals surface area (Å²) in [6, 6.07) is 0. The number of thioether (sulfide) groups is 2. The zero-order valence-corrected chi connectivity index (χ0v) is 38.6. The SMILES string of the molecule is CCCCCCCCCCSC(CCCC)C(=O)OCCCCCCN(CCCCO)CCCCCCOC(O)CCCCCCC.CCCO.CSC. The highest BCUT2D eigenvalue weighted by molar-refractivity contribution is 8.00. The van der Waals surface area contributed by atoms with Gasteiger partial charge in [-0.25, -0.2) is 0 Å².